The largest absolute Gasteiger partial charge is 0.426 e. The maximum atomic E-state index is 14.8. The van der Waals surface area contributed by atoms with Crippen molar-refractivity contribution in [1.29, 1.82) is 0 Å². The number of hydrogen-bond donors (Lipinski definition) is 0. The Balaban J connectivity index is 1.53. The predicted octanol–water partition coefficient (Wildman–Crippen LogP) is 5.94. The lowest BCUT2D eigenvalue weighted by molar-refractivity contribution is -0.228. The highest BCUT2D eigenvalue weighted by Crippen LogP contribution is 2.51. The van der Waals surface area contributed by atoms with Crippen LogP contribution < -0.4 is 0 Å². The van der Waals surface area contributed by atoms with Crippen LogP contribution in [0.15, 0.2) is 42.5 Å². The summed E-state index contributed by atoms with van der Waals surface area (Å²) < 4.78 is 79.0. The fourth-order valence-electron chi connectivity index (χ4n) is 6.62. The first-order chi connectivity index (χ1) is 17.7. The Labute approximate surface area is 225 Å². The summed E-state index contributed by atoms with van der Waals surface area (Å²) in [5.74, 6) is -0.390. The molecule has 2 aromatic carbocycles. The van der Waals surface area contributed by atoms with Crippen LogP contribution in [0.4, 0.5) is 17.6 Å². The van der Waals surface area contributed by atoms with Gasteiger partial charge < -0.3 is 4.90 Å². The van der Waals surface area contributed by atoms with E-state index in [-0.39, 0.29) is 29.4 Å². The fourth-order valence-corrected chi connectivity index (χ4v) is 8.24. The third-order valence-corrected chi connectivity index (χ3v) is 10.8. The quantitative estimate of drug-likeness (QED) is 0.427. The van der Waals surface area contributed by atoms with Crippen molar-refractivity contribution in [2.75, 3.05) is 18.1 Å². The van der Waals surface area contributed by atoms with Crippen molar-refractivity contribution >= 4 is 27.3 Å². The highest BCUT2D eigenvalue weighted by Gasteiger charge is 2.56. The molecule has 38 heavy (non-hydrogen) atoms. The van der Waals surface area contributed by atoms with E-state index in [4.69, 9.17) is 11.6 Å². The summed E-state index contributed by atoms with van der Waals surface area (Å²) in [7, 11) is -3.11. The molecule has 0 aromatic heterocycles. The summed E-state index contributed by atoms with van der Waals surface area (Å²) in [6, 6.07) is 11.4. The molecule has 3 atom stereocenters. The lowest BCUT2D eigenvalue weighted by Gasteiger charge is -2.44. The maximum Gasteiger partial charge on any atom is 0.426 e. The van der Waals surface area contributed by atoms with Crippen LogP contribution in [0.25, 0.3) is 0 Å². The molecular formula is C28H30ClF4NO3S. The Hall–Kier alpha value is -2.13. The molecule has 2 aliphatic heterocycles. The molecule has 2 saturated heterocycles. The minimum atomic E-state index is -5.04. The molecule has 0 spiro atoms. The molecule has 3 aliphatic rings. The Morgan fingerprint density at radius 3 is 2.34 bits per heavy atom. The summed E-state index contributed by atoms with van der Waals surface area (Å²) in [5, 5.41) is 0.585. The summed E-state index contributed by atoms with van der Waals surface area (Å²) in [6.07, 6.45) is -2.31. The third kappa shape index (κ3) is 4.74. The van der Waals surface area contributed by atoms with Crippen molar-refractivity contribution < 1.29 is 30.8 Å². The normalized spacial score (nSPS) is 26.9. The van der Waals surface area contributed by atoms with E-state index >= 15 is 0 Å². The second-order valence-corrected chi connectivity index (χ2v) is 13.8. The highest BCUT2D eigenvalue weighted by molar-refractivity contribution is 7.91. The Bertz CT molecular complexity index is 1330. The monoisotopic (exact) mass is 571 g/mol. The molecule has 0 N–H and O–H groups in total. The van der Waals surface area contributed by atoms with Gasteiger partial charge in [0.2, 0.25) is 11.6 Å². The Kier molecular flexibility index (Phi) is 6.86. The average Bonchev–Trinajstić information content (AvgIpc) is 3.23. The van der Waals surface area contributed by atoms with Gasteiger partial charge in [0.15, 0.2) is 0 Å². The van der Waals surface area contributed by atoms with Crippen LogP contribution in [-0.2, 0) is 38.6 Å². The highest BCUT2D eigenvalue weighted by atomic mass is 35.5. The lowest BCUT2D eigenvalue weighted by atomic mass is 9.63. The van der Waals surface area contributed by atoms with Crippen LogP contribution in [0.3, 0.4) is 0 Å². The minimum absolute atomic E-state index is 0.00461. The number of benzene rings is 2. The van der Waals surface area contributed by atoms with Gasteiger partial charge in [0.1, 0.15) is 9.84 Å². The first kappa shape index (κ1) is 27.4. The van der Waals surface area contributed by atoms with Crippen molar-refractivity contribution in [2.24, 2.45) is 5.92 Å². The zero-order valence-corrected chi connectivity index (χ0v) is 22.6. The third-order valence-electron chi connectivity index (χ3n) is 8.84. The van der Waals surface area contributed by atoms with E-state index in [9.17, 15) is 30.8 Å². The number of fused-ring (bicyclic) bond motifs is 3. The smallest absolute Gasteiger partial charge is 0.339 e. The van der Waals surface area contributed by atoms with Crippen LogP contribution in [-0.4, -0.2) is 49.5 Å². The van der Waals surface area contributed by atoms with Gasteiger partial charge >= 0.3 is 6.18 Å². The van der Waals surface area contributed by atoms with Crippen molar-refractivity contribution in [3.63, 3.8) is 0 Å². The van der Waals surface area contributed by atoms with Crippen LogP contribution in [0.1, 0.15) is 54.9 Å². The van der Waals surface area contributed by atoms with E-state index in [1.54, 1.807) is 18.2 Å². The van der Waals surface area contributed by atoms with Crippen molar-refractivity contribution in [3.8, 4) is 0 Å². The SMILES string of the molecule is CC(F)(c1ccc2c(c1)CCC1N(C(=O)C3CCS(=O)(=O)CC3)CCC21Cc1ccc(Cl)cc1)C(F)(F)F. The molecule has 2 fully saturated rings. The van der Waals surface area contributed by atoms with Crippen LogP contribution in [0.5, 0.6) is 0 Å². The first-order valence-corrected chi connectivity index (χ1v) is 15.1. The van der Waals surface area contributed by atoms with E-state index in [1.165, 1.54) is 12.1 Å². The first-order valence-electron chi connectivity index (χ1n) is 12.9. The molecule has 0 bridgehead atoms. The molecule has 2 aromatic rings. The van der Waals surface area contributed by atoms with Gasteiger partial charge in [-0.05, 0) is 79.8 Å². The zero-order chi connectivity index (χ0) is 27.5. The molecule has 4 nitrogen and oxygen atoms in total. The fraction of sp³-hybridized carbons (Fsp3) is 0.536. The number of aryl methyl sites for hydroxylation is 1. The minimum Gasteiger partial charge on any atom is -0.339 e. The van der Waals surface area contributed by atoms with Crippen molar-refractivity contribution in [1.82, 2.24) is 4.90 Å². The number of carbonyl (C=O) groups excluding carboxylic acids is 1. The van der Waals surface area contributed by atoms with Gasteiger partial charge in [-0.25, -0.2) is 12.8 Å². The lowest BCUT2D eigenvalue weighted by Crippen LogP contribution is -2.51. The summed E-state index contributed by atoms with van der Waals surface area (Å²) in [6.45, 7) is 1.02. The molecule has 1 aliphatic carbocycles. The number of alkyl halides is 4. The maximum absolute atomic E-state index is 14.8. The number of likely N-dealkylation sites (tertiary alicyclic amines) is 1. The number of sulfone groups is 1. The number of amides is 1. The molecule has 206 valence electrons. The van der Waals surface area contributed by atoms with Crippen LogP contribution >= 0.6 is 11.6 Å². The summed E-state index contributed by atoms with van der Waals surface area (Å²) in [4.78, 5) is 15.5. The van der Waals surface area contributed by atoms with Gasteiger partial charge in [-0.3, -0.25) is 4.79 Å². The van der Waals surface area contributed by atoms with E-state index in [0.29, 0.717) is 62.6 Å². The predicted molar refractivity (Wildman–Crippen MR) is 138 cm³/mol. The number of hydrogen-bond acceptors (Lipinski definition) is 3. The average molecular weight is 572 g/mol. The zero-order valence-electron chi connectivity index (χ0n) is 21.0. The van der Waals surface area contributed by atoms with E-state index in [2.05, 4.69) is 0 Å². The van der Waals surface area contributed by atoms with Gasteiger partial charge in [-0.15, -0.1) is 0 Å². The Morgan fingerprint density at radius 2 is 1.71 bits per heavy atom. The number of rotatable bonds is 4. The van der Waals surface area contributed by atoms with Crippen LogP contribution in [0.2, 0.25) is 5.02 Å². The molecule has 5 rings (SSSR count). The van der Waals surface area contributed by atoms with Gasteiger partial charge in [-0.1, -0.05) is 41.9 Å². The van der Waals surface area contributed by atoms with Gasteiger partial charge in [-0.2, -0.15) is 13.2 Å². The second-order valence-electron chi connectivity index (χ2n) is 11.1. The van der Waals surface area contributed by atoms with Gasteiger partial charge in [0, 0.05) is 28.9 Å². The van der Waals surface area contributed by atoms with E-state index in [0.717, 1.165) is 11.1 Å². The van der Waals surface area contributed by atoms with Crippen molar-refractivity contribution in [3.05, 3.63) is 69.7 Å². The van der Waals surface area contributed by atoms with Gasteiger partial charge in [0.25, 0.3) is 0 Å². The number of halogens is 5. The van der Waals surface area contributed by atoms with E-state index < -0.39 is 32.7 Å². The molecule has 1 amide bonds. The number of nitrogens with zero attached hydrogens (tertiary/aromatic N) is 1. The summed E-state index contributed by atoms with van der Waals surface area (Å²) in [5.41, 5.74) is -1.92. The Morgan fingerprint density at radius 1 is 1.05 bits per heavy atom. The topological polar surface area (TPSA) is 54.5 Å². The molecule has 3 unspecified atom stereocenters. The molecule has 2 heterocycles. The van der Waals surface area contributed by atoms with Crippen molar-refractivity contribution in [2.45, 2.75) is 68.8 Å². The molecule has 10 heteroatoms. The molecule has 0 saturated carbocycles. The van der Waals surface area contributed by atoms with E-state index in [1.807, 2.05) is 17.0 Å². The molecular weight excluding hydrogens is 542 g/mol. The summed E-state index contributed by atoms with van der Waals surface area (Å²) >= 11 is 6.09. The van der Waals surface area contributed by atoms with Crippen LogP contribution in [0, 0.1) is 5.92 Å². The standard InChI is InChI=1S/C28H30ClF4NO3S/c1-26(30,28(31,32)33)21-5-8-23-20(16-21)4-9-24-27(23,17-18-2-6-22(29)7-3-18)12-13-34(24)25(35)19-10-14-38(36,37)15-11-19/h2-3,5-8,16,19,24H,4,9-15,17H2,1H3. The molecule has 0 radical (unpaired) electrons. The van der Waals surface area contributed by atoms with Gasteiger partial charge in [0.05, 0.1) is 11.5 Å². The second kappa shape index (κ2) is 9.51. The number of carbonyl (C=O) groups is 1.